The Morgan fingerprint density at radius 3 is 2.07 bits per heavy atom. The van der Waals surface area contributed by atoms with Gasteiger partial charge < -0.3 is 25.3 Å². The minimum absolute atomic E-state index is 0. The third-order valence-electron chi connectivity index (χ3n) is 4.01. The lowest BCUT2D eigenvalue weighted by molar-refractivity contribution is 0.379. The molecule has 0 aliphatic carbocycles. The van der Waals surface area contributed by atoms with Crippen molar-refractivity contribution >= 4 is 35.6 Å². The van der Waals surface area contributed by atoms with Crippen molar-refractivity contribution in [1.29, 1.82) is 0 Å². The molecule has 0 atom stereocenters. The number of halogens is 1. The lowest BCUT2D eigenvalue weighted by Gasteiger charge is -2.10. The number of methoxy groups -OCH3 is 2. The first-order chi connectivity index (χ1) is 13.7. The molecule has 0 unspecified atom stereocenters. The van der Waals surface area contributed by atoms with Gasteiger partial charge in [0.25, 0.3) is 0 Å². The fourth-order valence-corrected chi connectivity index (χ4v) is 2.53. The molecule has 0 saturated carbocycles. The summed E-state index contributed by atoms with van der Waals surface area (Å²) in [5.74, 6) is 3.22. The van der Waals surface area contributed by atoms with Crippen molar-refractivity contribution in [2.24, 2.45) is 10.7 Å². The van der Waals surface area contributed by atoms with Gasteiger partial charge in [-0.3, -0.25) is 0 Å². The van der Waals surface area contributed by atoms with Gasteiger partial charge in [0.05, 0.1) is 20.8 Å². The van der Waals surface area contributed by atoms with Crippen LogP contribution in [0.4, 0.5) is 5.69 Å². The highest BCUT2D eigenvalue weighted by molar-refractivity contribution is 14.0. The lowest BCUT2D eigenvalue weighted by atomic mass is 10.2. The number of guanidine groups is 1. The van der Waals surface area contributed by atoms with Crippen LogP contribution < -0.4 is 25.3 Å². The Balaban J connectivity index is 0.00000300. The molecule has 0 bridgehead atoms. The van der Waals surface area contributed by atoms with E-state index in [2.05, 4.69) is 10.3 Å². The second kappa shape index (κ2) is 11.2. The summed E-state index contributed by atoms with van der Waals surface area (Å²) in [6.45, 7) is 0.462. The molecule has 0 fully saturated rings. The largest absolute Gasteiger partial charge is 0.497 e. The van der Waals surface area contributed by atoms with Gasteiger partial charge in [0, 0.05) is 5.69 Å². The number of nitrogens with zero attached hydrogens (tertiary/aromatic N) is 1. The Morgan fingerprint density at radius 2 is 1.45 bits per heavy atom. The molecule has 0 amide bonds. The van der Waals surface area contributed by atoms with Gasteiger partial charge in [0.15, 0.2) is 17.5 Å². The predicted octanol–water partition coefficient (Wildman–Crippen LogP) is 5.04. The van der Waals surface area contributed by atoms with E-state index >= 15 is 0 Å². The summed E-state index contributed by atoms with van der Waals surface area (Å²) in [5.41, 5.74) is 7.83. The first kappa shape index (κ1) is 22.4. The Labute approximate surface area is 187 Å². The molecule has 3 aromatic rings. The van der Waals surface area contributed by atoms with Gasteiger partial charge in [-0.1, -0.05) is 24.3 Å². The molecule has 0 radical (unpaired) electrons. The van der Waals surface area contributed by atoms with E-state index in [1.54, 1.807) is 14.2 Å². The summed E-state index contributed by atoms with van der Waals surface area (Å²) in [5, 5.41) is 3.05. The van der Waals surface area contributed by atoms with Crippen LogP contribution in [-0.4, -0.2) is 20.2 Å². The second-order valence-electron chi connectivity index (χ2n) is 5.95. The van der Waals surface area contributed by atoms with Crippen LogP contribution >= 0.6 is 24.0 Å². The smallest absolute Gasteiger partial charge is 0.193 e. The molecule has 3 aromatic carbocycles. The molecule has 6 nitrogen and oxygen atoms in total. The lowest BCUT2D eigenvalue weighted by Crippen LogP contribution is -2.22. The number of rotatable bonds is 7. The predicted molar refractivity (Wildman–Crippen MR) is 127 cm³/mol. The van der Waals surface area contributed by atoms with Gasteiger partial charge in [-0.2, -0.15) is 0 Å². The normalized spacial score (nSPS) is 10.6. The number of nitrogens with two attached hydrogens (primary N) is 1. The van der Waals surface area contributed by atoms with E-state index in [-0.39, 0.29) is 24.0 Å². The summed E-state index contributed by atoms with van der Waals surface area (Å²) in [6, 6.07) is 22.7. The van der Waals surface area contributed by atoms with Crippen LogP contribution in [0.2, 0.25) is 0 Å². The molecule has 0 spiro atoms. The fraction of sp³-hybridized carbons (Fsp3) is 0.136. The minimum atomic E-state index is 0. The van der Waals surface area contributed by atoms with Gasteiger partial charge in [-0.15, -0.1) is 24.0 Å². The van der Waals surface area contributed by atoms with Gasteiger partial charge in [-0.05, 0) is 54.1 Å². The Bertz CT molecular complexity index is 929. The van der Waals surface area contributed by atoms with E-state index in [1.807, 2.05) is 72.8 Å². The highest BCUT2D eigenvalue weighted by Crippen LogP contribution is 2.30. The van der Waals surface area contributed by atoms with Crippen molar-refractivity contribution in [1.82, 2.24) is 0 Å². The monoisotopic (exact) mass is 505 g/mol. The second-order valence-corrected chi connectivity index (χ2v) is 5.95. The molecule has 3 rings (SSSR count). The number of anilines is 1. The maximum absolute atomic E-state index is 5.96. The van der Waals surface area contributed by atoms with Gasteiger partial charge in [0.1, 0.15) is 11.5 Å². The maximum atomic E-state index is 5.96. The molecular formula is C22H24IN3O3. The number of nitrogens with one attached hydrogen (secondary N) is 1. The molecule has 0 aliphatic heterocycles. The summed E-state index contributed by atoms with van der Waals surface area (Å²) >= 11 is 0. The number of aliphatic imine (C=N–C) groups is 1. The summed E-state index contributed by atoms with van der Waals surface area (Å²) in [4.78, 5) is 4.36. The molecule has 0 heterocycles. The van der Waals surface area contributed by atoms with E-state index in [0.29, 0.717) is 24.0 Å². The van der Waals surface area contributed by atoms with Crippen molar-refractivity contribution in [3.05, 3.63) is 78.4 Å². The SMILES string of the molecule is COc1ccc(NC(N)=NCc2ccc(Oc3ccccc3OC)cc2)cc1.I. The average Bonchev–Trinajstić information content (AvgIpc) is 2.74. The van der Waals surface area contributed by atoms with Crippen molar-refractivity contribution in [2.75, 3.05) is 19.5 Å². The zero-order valence-corrected chi connectivity index (χ0v) is 18.6. The van der Waals surface area contributed by atoms with E-state index in [4.69, 9.17) is 19.9 Å². The first-order valence-electron chi connectivity index (χ1n) is 8.79. The third kappa shape index (κ3) is 6.56. The van der Waals surface area contributed by atoms with Crippen LogP contribution in [0, 0.1) is 0 Å². The van der Waals surface area contributed by atoms with Gasteiger partial charge in [-0.25, -0.2) is 4.99 Å². The maximum Gasteiger partial charge on any atom is 0.193 e. The van der Waals surface area contributed by atoms with E-state index < -0.39 is 0 Å². The van der Waals surface area contributed by atoms with Crippen molar-refractivity contribution < 1.29 is 14.2 Å². The molecule has 0 saturated heterocycles. The zero-order chi connectivity index (χ0) is 19.8. The topological polar surface area (TPSA) is 78.1 Å². The van der Waals surface area contributed by atoms with E-state index in [0.717, 1.165) is 22.7 Å². The Hall–Kier alpha value is -2.94. The van der Waals surface area contributed by atoms with Crippen LogP contribution in [-0.2, 0) is 6.54 Å². The standard InChI is InChI=1S/C22H23N3O3.HI/c1-26-18-13-9-17(10-14-18)25-22(23)24-15-16-7-11-19(12-8-16)28-21-6-4-3-5-20(21)27-2;/h3-14H,15H2,1-2H3,(H3,23,24,25);1H. The van der Waals surface area contributed by atoms with Crippen molar-refractivity contribution in [3.63, 3.8) is 0 Å². The van der Waals surface area contributed by atoms with Gasteiger partial charge in [0.2, 0.25) is 0 Å². The van der Waals surface area contributed by atoms with Gasteiger partial charge >= 0.3 is 0 Å². The highest BCUT2D eigenvalue weighted by atomic mass is 127. The van der Waals surface area contributed by atoms with Crippen LogP contribution in [0.15, 0.2) is 77.8 Å². The van der Waals surface area contributed by atoms with Crippen LogP contribution in [0.3, 0.4) is 0 Å². The van der Waals surface area contributed by atoms with Crippen LogP contribution in [0.1, 0.15) is 5.56 Å². The molecule has 7 heteroatoms. The number of para-hydroxylation sites is 2. The Morgan fingerprint density at radius 1 is 0.828 bits per heavy atom. The van der Waals surface area contributed by atoms with Crippen LogP contribution in [0.25, 0.3) is 0 Å². The Kier molecular flexibility index (Phi) is 8.60. The molecule has 3 N–H and O–H groups in total. The zero-order valence-electron chi connectivity index (χ0n) is 16.3. The van der Waals surface area contributed by atoms with Crippen LogP contribution in [0.5, 0.6) is 23.0 Å². The average molecular weight is 505 g/mol. The third-order valence-corrected chi connectivity index (χ3v) is 4.01. The molecule has 29 heavy (non-hydrogen) atoms. The first-order valence-corrected chi connectivity index (χ1v) is 8.79. The molecule has 0 aliphatic rings. The summed E-state index contributed by atoms with van der Waals surface area (Å²) in [7, 11) is 3.25. The number of hydrogen-bond acceptors (Lipinski definition) is 4. The van der Waals surface area contributed by atoms with E-state index in [9.17, 15) is 0 Å². The summed E-state index contributed by atoms with van der Waals surface area (Å²) in [6.07, 6.45) is 0. The minimum Gasteiger partial charge on any atom is -0.497 e. The highest BCUT2D eigenvalue weighted by Gasteiger charge is 2.04. The molecule has 152 valence electrons. The van der Waals surface area contributed by atoms with E-state index in [1.165, 1.54) is 0 Å². The number of benzene rings is 3. The number of hydrogen-bond donors (Lipinski definition) is 2. The van der Waals surface area contributed by atoms with Crippen molar-refractivity contribution in [3.8, 4) is 23.0 Å². The molecule has 0 aromatic heterocycles. The quantitative estimate of drug-likeness (QED) is 0.267. The molecular weight excluding hydrogens is 481 g/mol. The van der Waals surface area contributed by atoms with Crippen molar-refractivity contribution in [2.45, 2.75) is 6.54 Å². The summed E-state index contributed by atoms with van der Waals surface area (Å²) < 4.78 is 16.3. The fourth-order valence-electron chi connectivity index (χ4n) is 2.53. The number of ether oxygens (including phenoxy) is 3.